The van der Waals surface area contributed by atoms with Crippen molar-refractivity contribution in [3.63, 3.8) is 0 Å². The summed E-state index contributed by atoms with van der Waals surface area (Å²) in [6, 6.07) is 13.3. The molecule has 1 amide bonds. The standard InChI is InChI=1S/C24H20N2O6S2/c1-13-11-15-12-14(4-9-18(15)32-13)22(27)20-21(19-3-2-10-33-19)26(24(29)23(20)28)16-5-7-17(8-6-16)34(25,30)31/h2-10,12-13,21,27H,11H2,1H3,(H2,25,30,31)/b22-20-. The van der Waals surface area contributed by atoms with E-state index in [4.69, 9.17) is 9.88 Å². The van der Waals surface area contributed by atoms with Gasteiger partial charge in [0.2, 0.25) is 10.0 Å². The molecule has 0 spiro atoms. The summed E-state index contributed by atoms with van der Waals surface area (Å²) in [6.07, 6.45) is 0.694. The van der Waals surface area contributed by atoms with Gasteiger partial charge in [-0.2, -0.15) is 0 Å². The molecular formula is C24H20N2O6S2. The van der Waals surface area contributed by atoms with E-state index >= 15 is 0 Å². The Bertz CT molecular complexity index is 1440. The number of ether oxygens (including phenoxy) is 1. The number of benzene rings is 2. The molecule has 34 heavy (non-hydrogen) atoms. The van der Waals surface area contributed by atoms with Crippen molar-refractivity contribution in [1.82, 2.24) is 0 Å². The van der Waals surface area contributed by atoms with Crippen molar-refractivity contribution in [2.45, 2.75) is 30.4 Å². The van der Waals surface area contributed by atoms with Crippen LogP contribution in [0, 0.1) is 0 Å². The third-order valence-corrected chi connectivity index (χ3v) is 7.72. The fourth-order valence-electron chi connectivity index (χ4n) is 4.34. The molecule has 5 rings (SSSR count). The number of nitrogens with two attached hydrogens (primary N) is 1. The predicted octanol–water partition coefficient (Wildman–Crippen LogP) is 3.35. The van der Waals surface area contributed by atoms with E-state index in [-0.39, 0.29) is 22.3 Å². The van der Waals surface area contributed by atoms with E-state index in [9.17, 15) is 23.1 Å². The lowest BCUT2D eigenvalue weighted by atomic mass is 9.98. The number of rotatable bonds is 4. The normalized spacial score (nSPS) is 21.5. The first kappa shape index (κ1) is 22.3. The molecule has 3 heterocycles. The molecule has 2 aliphatic rings. The van der Waals surface area contributed by atoms with E-state index in [0.29, 0.717) is 22.5 Å². The van der Waals surface area contributed by atoms with Crippen LogP contribution < -0.4 is 14.8 Å². The lowest BCUT2D eigenvalue weighted by Gasteiger charge is -2.24. The molecule has 2 aliphatic heterocycles. The van der Waals surface area contributed by atoms with Gasteiger partial charge < -0.3 is 9.84 Å². The minimum Gasteiger partial charge on any atom is -0.507 e. The van der Waals surface area contributed by atoms with Crippen molar-refractivity contribution < 1.29 is 27.9 Å². The second kappa shape index (κ2) is 8.08. The zero-order valence-electron chi connectivity index (χ0n) is 18.0. The predicted molar refractivity (Wildman–Crippen MR) is 127 cm³/mol. The molecule has 2 atom stereocenters. The smallest absolute Gasteiger partial charge is 0.300 e. The molecule has 1 fully saturated rings. The lowest BCUT2D eigenvalue weighted by Crippen LogP contribution is -2.29. The van der Waals surface area contributed by atoms with Crippen molar-refractivity contribution in [1.29, 1.82) is 0 Å². The van der Waals surface area contributed by atoms with E-state index in [2.05, 4.69) is 0 Å². The van der Waals surface area contributed by atoms with Gasteiger partial charge in [0.05, 0.1) is 10.5 Å². The number of aliphatic hydroxyl groups excluding tert-OH is 1. The Morgan fingerprint density at radius 3 is 2.53 bits per heavy atom. The minimum atomic E-state index is -3.92. The number of thiophene rings is 1. The molecule has 3 N–H and O–H groups in total. The molecule has 10 heteroatoms. The first-order valence-corrected chi connectivity index (χ1v) is 12.8. The number of carbonyl (C=O) groups excluding carboxylic acids is 2. The molecule has 0 radical (unpaired) electrons. The monoisotopic (exact) mass is 496 g/mol. The van der Waals surface area contributed by atoms with Gasteiger partial charge in [0.15, 0.2) is 0 Å². The van der Waals surface area contributed by atoms with Crippen LogP contribution in [0.1, 0.15) is 29.0 Å². The molecule has 2 aromatic carbocycles. The summed E-state index contributed by atoms with van der Waals surface area (Å²) in [5.74, 6) is -1.19. The van der Waals surface area contributed by atoms with Gasteiger partial charge in [0, 0.05) is 22.5 Å². The van der Waals surface area contributed by atoms with Crippen LogP contribution in [-0.4, -0.2) is 31.3 Å². The van der Waals surface area contributed by atoms with Crippen LogP contribution in [0.15, 0.2) is 70.4 Å². The topological polar surface area (TPSA) is 127 Å². The summed E-state index contributed by atoms with van der Waals surface area (Å²) in [5.41, 5.74) is 1.61. The maximum atomic E-state index is 13.2. The molecule has 0 bridgehead atoms. The van der Waals surface area contributed by atoms with E-state index in [0.717, 1.165) is 11.3 Å². The quantitative estimate of drug-likeness (QED) is 0.324. The average molecular weight is 497 g/mol. The molecule has 1 saturated heterocycles. The number of Topliss-reactive ketones (excluding diaryl/α,β-unsaturated/α-hetero) is 1. The van der Waals surface area contributed by atoms with Crippen molar-refractivity contribution >= 4 is 44.5 Å². The summed E-state index contributed by atoms with van der Waals surface area (Å²) >= 11 is 1.34. The first-order chi connectivity index (χ1) is 16.1. The molecule has 2 unspecified atom stereocenters. The number of hydrogen-bond acceptors (Lipinski definition) is 7. The lowest BCUT2D eigenvalue weighted by molar-refractivity contribution is -0.132. The third-order valence-electron chi connectivity index (χ3n) is 5.87. The molecule has 8 nitrogen and oxygen atoms in total. The van der Waals surface area contributed by atoms with E-state index < -0.39 is 27.8 Å². The van der Waals surface area contributed by atoms with Crippen LogP contribution in [0.5, 0.6) is 5.75 Å². The molecule has 174 valence electrons. The van der Waals surface area contributed by atoms with Crippen LogP contribution >= 0.6 is 11.3 Å². The highest BCUT2D eigenvalue weighted by Crippen LogP contribution is 2.44. The average Bonchev–Trinajstić information content (AvgIpc) is 3.50. The van der Waals surface area contributed by atoms with Crippen molar-refractivity contribution in [2.75, 3.05) is 4.90 Å². The largest absolute Gasteiger partial charge is 0.507 e. The summed E-state index contributed by atoms with van der Waals surface area (Å²) < 4.78 is 29.0. The zero-order valence-corrected chi connectivity index (χ0v) is 19.6. The molecular weight excluding hydrogens is 476 g/mol. The number of aliphatic hydroxyl groups is 1. The van der Waals surface area contributed by atoms with Gasteiger partial charge in [0.25, 0.3) is 11.7 Å². The minimum absolute atomic E-state index is 0.0180. The van der Waals surface area contributed by atoms with Crippen LogP contribution in [0.2, 0.25) is 0 Å². The number of primary sulfonamides is 1. The highest BCUT2D eigenvalue weighted by atomic mass is 32.2. The van der Waals surface area contributed by atoms with E-state index in [1.54, 1.807) is 30.3 Å². The summed E-state index contributed by atoms with van der Waals surface area (Å²) in [4.78, 5) is 28.1. The van der Waals surface area contributed by atoms with Gasteiger partial charge in [0.1, 0.15) is 23.7 Å². The van der Waals surface area contributed by atoms with Crippen LogP contribution in [-0.2, 0) is 26.0 Å². The number of sulfonamides is 1. The second-order valence-corrected chi connectivity index (χ2v) is 10.7. The molecule has 1 aromatic heterocycles. The molecule has 0 aliphatic carbocycles. The SMILES string of the molecule is CC1Cc2cc(/C(O)=C3/C(=O)C(=O)N(c4ccc(S(N)(=O)=O)cc4)C3c3cccs3)ccc2O1. The number of anilines is 1. The summed E-state index contributed by atoms with van der Waals surface area (Å²) in [7, 11) is -3.92. The van der Waals surface area contributed by atoms with Crippen LogP contribution in [0.4, 0.5) is 5.69 Å². The third kappa shape index (κ3) is 3.69. The Morgan fingerprint density at radius 1 is 1.15 bits per heavy atom. The Kier molecular flexibility index (Phi) is 5.31. The molecule has 0 saturated carbocycles. The maximum absolute atomic E-state index is 13.2. The first-order valence-electron chi connectivity index (χ1n) is 10.4. The zero-order chi connectivity index (χ0) is 24.2. The van der Waals surface area contributed by atoms with Gasteiger partial charge >= 0.3 is 0 Å². The Hall–Kier alpha value is -3.47. The van der Waals surface area contributed by atoms with Gasteiger partial charge in [-0.05, 0) is 66.4 Å². The maximum Gasteiger partial charge on any atom is 0.300 e. The van der Waals surface area contributed by atoms with Gasteiger partial charge in [-0.15, -0.1) is 11.3 Å². The van der Waals surface area contributed by atoms with E-state index in [1.807, 2.05) is 12.3 Å². The van der Waals surface area contributed by atoms with Crippen LogP contribution in [0.3, 0.4) is 0 Å². The Morgan fingerprint density at radius 2 is 1.88 bits per heavy atom. The number of nitrogens with zero attached hydrogens (tertiary/aromatic N) is 1. The number of ketones is 1. The van der Waals surface area contributed by atoms with Gasteiger partial charge in [-0.3, -0.25) is 14.5 Å². The number of fused-ring (bicyclic) bond motifs is 1. The van der Waals surface area contributed by atoms with Crippen LogP contribution in [0.25, 0.3) is 5.76 Å². The fourth-order valence-corrected chi connectivity index (χ4v) is 5.68. The van der Waals surface area contributed by atoms with Gasteiger partial charge in [-0.25, -0.2) is 13.6 Å². The fraction of sp³-hybridized carbons (Fsp3) is 0.167. The van der Waals surface area contributed by atoms with Crippen molar-refractivity contribution in [2.24, 2.45) is 5.14 Å². The van der Waals surface area contributed by atoms with E-state index in [1.165, 1.54) is 40.5 Å². The second-order valence-electron chi connectivity index (χ2n) is 8.18. The number of hydrogen-bond donors (Lipinski definition) is 2. The Balaban J connectivity index is 1.64. The van der Waals surface area contributed by atoms with Gasteiger partial charge in [-0.1, -0.05) is 6.07 Å². The highest BCUT2D eigenvalue weighted by molar-refractivity contribution is 7.89. The Labute approximate surface area is 199 Å². The summed E-state index contributed by atoms with van der Waals surface area (Å²) in [5, 5.41) is 18.2. The number of carbonyl (C=O) groups is 2. The van der Waals surface area contributed by atoms with Crippen molar-refractivity contribution in [3.8, 4) is 5.75 Å². The number of amides is 1. The molecule has 3 aromatic rings. The summed E-state index contributed by atoms with van der Waals surface area (Å²) in [6.45, 7) is 1.95. The highest BCUT2D eigenvalue weighted by Gasteiger charge is 2.47. The van der Waals surface area contributed by atoms with Crippen molar-refractivity contribution in [3.05, 3.63) is 81.6 Å².